The average molecular weight is 251 g/mol. The maximum Gasteiger partial charge on any atom is 0.155 e. The number of nitrogens with two attached hydrogens (primary N) is 1. The quantitative estimate of drug-likeness (QED) is 0.758. The van der Waals surface area contributed by atoms with E-state index >= 15 is 0 Å². The molecule has 0 saturated carbocycles. The van der Waals surface area contributed by atoms with Gasteiger partial charge in [0.05, 0.1) is 5.69 Å². The van der Waals surface area contributed by atoms with Crippen LogP contribution < -0.4 is 5.73 Å². The largest absolute Gasteiger partial charge is 0.382 e. The zero-order valence-corrected chi connectivity index (χ0v) is 10.5. The Morgan fingerprint density at radius 3 is 2.79 bits per heavy atom. The van der Waals surface area contributed by atoms with E-state index < -0.39 is 0 Å². The van der Waals surface area contributed by atoms with Gasteiger partial charge in [-0.1, -0.05) is 17.3 Å². The number of aromatic nitrogens is 4. The Balaban J connectivity index is 2.09. The summed E-state index contributed by atoms with van der Waals surface area (Å²) in [6.07, 6.45) is 3.44. The number of benzene rings is 1. The minimum atomic E-state index is 0.513. The first kappa shape index (κ1) is 11.4. The second kappa shape index (κ2) is 4.53. The number of anilines is 1. The van der Waals surface area contributed by atoms with E-state index in [1.165, 1.54) is 0 Å². The van der Waals surface area contributed by atoms with Gasteiger partial charge >= 0.3 is 0 Å². The van der Waals surface area contributed by atoms with Gasteiger partial charge in [0, 0.05) is 18.0 Å². The highest BCUT2D eigenvalue weighted by molar-refractivity contribution is 5.70. The van der Waals surface area contributed by atoms with Gasteiger partial charge in [0.1, 0.15) is 5.69 Å². The first-order chi connectivity index (χ1) is 9.25. The Bertz CT molecular complexity index is 703. The van der Waals surface area contributed by atoms with Crippen LogP contribution in [0.4, 0.5) is 5.82 Å². The van der Waals surface area contributed by atoms with Crippen molar-refractivity contribution in [2.75, 3.05) is 5.73 Å². The molecule has 3 aromatic rings. The molecular formula is C14H13N5. The third-order valence-electron chi connectivity index (χ3n) is 2.89. The summed E-state index contributed by atoms with van der Waals surface area (Å²) in [5.74, 6) is 0.513. The summed E-state index contributed by atoms with van der Waals surface area (Å²) >= 11 is 0. The summed E-state index contributed by atoms with van der Waals surface area (Å²) < 4.78 is 1.63. The Hall–Kier alpha value is -2.69. The summed E-state index contributed by atoms with van der Waals surface area (Å²) in [6.45, 7) is 2.03. The molecule has 94 valence electrons. The minimum absolute atomic E-state index is 0.513. The van der Waals surface area contributed by atoms with E-state index in [0.717, 1.165) is 16.8 Å². The molecule has 0 aliphatic carbocycles. The third kappa shape index (κ3) is 2.06. The molecule has 0 spiro atoms. The van der Waals surface area contributed by atoms with Gasteiger partial charge < -0.3 is 5.73 Å². The molecule has 0 amide bonds. The number of hydrogen-bond donors (Lipinski definition) is 1. The maximum absolute atomic E-state index is 6.13. The molecule has 19 heavy (non-hydrogen) atoms. The smallest absolute Gasteiger partial charge is 0.155 e. The van der Waals surface area contributed by atoms with Crippen molar-refractivity contribution in [2.45, 2.75) is 6.92 Å². The van der Waals surface area contributed by atoms with E-state index in [2.05, 4.69) is 15.3 Å². The van der Waals surface area contributed by atoms with Crippen molar-refractivity contribution in [1.82, 2.24) is 20.0 Å². The fraction of sp³-hybridized carbons (Fsp3) is 0.0714. The lowest BCUT2D eigenvalue weighted by atomic mass is 10.2. The second-order valence-electron chi connectivity index (χ2n) is 4.32. The number of nitrogens with zero attached hydrogens (tertiary/aromatic N) is 4. The van der Waals surface area contributed by atoms with Gasteiger partial charge in [0.15, 0.2) is 5.82 Å². The number of rotatable bonds is 2. The van der Waals surface area contributed by atoms with Crippen LogP contribution in [0.5, 0.6) is 0 Å². The first-order valence-electron chi connectivity index (χ1n) is 5.94. The van der Waals surface area contributed by atoms with Crippen LogP contribution in [0.15, 0.2) is 48.8 Å². The van der Waals surface area contributed by atoms with Crippen molar-refractivity contribution in [3.8, 4) is 16.9 Å². The fourth-order valence-corrected chi connectivity index (χ4v) is 1.95. The first-order valence-corrected chi connectivity index (χ1v) is 5.94. The number of nitrogen functional groups attached to an aromatic ring is 1. The van der Waals surface area contributed by atoms with Crippen LogP contribution in [0, 0.1) is 6.92 Å². The molecular weight excluding hydrogens is 238 g/mol. The summed E-state index contributed by atoms with van der Waals surface area (Å²) in [6, 6.07) is 11.7. The summed E-state index contributed by atoms with van der Waals surface area (Å²) in [5.41, 5.74) is 9.69. The van der Waals surface area contributed by atoms with Crippen molar-refractivity contribution in [2.24, 2.45) is 0 Å². The van der Waals surface area contributed by atoms with E-state index in [4.69, 9.17) is 5.73 Å². The van der Waals surface area contributed by atoms with Gasteiger partial charge in [-0.2, -0.15) is 4.68 Å². The predicted octanol–water partition coefficient (Wildman–Crippen LogP) is 2.22. The lowest BCUT2D eigenvalue weighted by Crippen LogP contribution is -2.02. The maximum atomic E-state index is 6.13. The molecule has 0 saturated heterocycles. The van der Waals surface area contributed by atoms with E-state index in [-0.39, 0.29) is 0 Å². The lowest BCUT2D eigenvalue weighted by Gasteiger charge is -2.04. The van der Waals surface area contributed by atoms with Gasteiger partial charge in [0.2, 0.25) is 0 Å². The zero-order valence-electron chi connectivity index (χ0n) is 10.5. The monoisotopic (exact) mass is 251 g/mol. The molecule has 2 heterocycles. The van der Waals surface area contributed by atoms with Crippen LogP contribution in [-0.4, -0.2) is 20.0 Å². The molecule has 0 atom stereocenters. The van der Waals surface area contributed by atoms with Gasteiger partial charge in [0.25, 0.3) is 0 Å². The molecule has 2 N–H and O–H groups in total. The van der Waals surface area contributed by atoms with Gasteiger partial charge in [-0.15, -0.1) is 5.10 Å². The lowest BCUT2D eigenvalue weighted by molar-refractivity contribution is 0.810. The van der Waals surface area contributed by atoms with Crippen molar-refractivity contribution in [3.63, 3.8) is 0 Å². The molecule has 5 heteroatoms. The van der Waals surface area contributed by atoms with Gasteiger partial charge in [-0.3, -0.25) is 4.98 Å². The summed E-state index contributed by atoms with van der Waals surface area (Å²) in [7, 11) is 0. The molecule has 1 aromatic carbocycles. The Morgan fingerprint density at radius 1 is 1.16 bits per heavy atom. The fourth-order valence-electron chi connectivity index (χ4n) is 1.95. The Kier molecular flexibility index (Phi) is 2.72. The predicted molar refractivity (Wildman–Crippen MR) is 73.7 cm³/mol. The van der Waals surface area contributed by atoms with E-state index in [1.807, 2.05) is 43.3 Å². The molecule has 0 radical (unpaired) electrons. The van der Waals surface area contributed by atoms with E-state index in [1.54, 1.807) is 17.1 Å². The highest BCUT2D eigenvalue weighted by Crippen LogP contribution is 2.24. The van der Waals surface area contributed by atoms with Gasteiger partial charge in [-0.05, 0) is 36.8 Å². The van der Waals surface area contributed by atoms with E-state index in [9.17, 15) is 0 Å². The Morgan fingerprint density at radius 2 is 2.05 bits per heavy atom. The molecule has 2 aromatic heterocycles. The van der Waals surface area contributed by atoms with Crippen molar-refractivity contribution >= 4 is 5.82 Å². The molecule has 5 nitrogen and oxygen atoms in total. The third-order valence-corrected chi connectivity index (χ3v) is 2.89. The minimum Gasteiger partial charge on any atom is -0.382 e. The zero-order chi connectivity index (χ0) is 13.2. The van der Waals surface area contributed by atoms with Crippen molar-refractivity contribution in [3.05, 3.63) is 54.4 Å². The van der Waals surface area contributed by atoms with E-state index in [0.29, 0.717) is 11.5 Å². The van der Waals surface area contributed by atoms with Gasteiger partial charge in [-0.25, -0.2) is 0 Å². The normalized spacial score (nSPS) is 10.6. The SMILES string of the molecule is Cc1cccc(-n2nnc(-c3cccnc3)c2N)c1. The second-order valence-corrected chi connectivity index (χ2v) is 4.32. The summed E-state index contributed by atoms with van der Waals surface area (Å²) in [4.78, 5) is 4.07. The highest BCUT2D eigenvalue weighted by atomic mass is 15.5. The van der Waals surface area contributed by atoms with Crippen LogP contribution >= 0.6 is 0 Å². The van der Waals surface area contributed by atoms with Crippen LogP contribution in [0.1, 0.15) is 5.56 Å². The molecule has 0 unspecified atom stereocenters. The Labute approximate surface area is 110 Å². The molecule has 0 bridgehead atoms. The number of hydrogen-bond acceptors (Lipinski definition) is 4. The standard InChI is InChI=1S/C14H13N5/c1-10-4-2-6-12(8-10)19-14(15)13(17-18-19)11-5-3-7-16-9-11/h2-9H,15H2,1H3. The molecule has 0 aliphatic rings. The number of aryl methyl sites for hydroxylation is 1. The van der Waals surface area contributed by atoms with Crippen molar-refractivity contribution in [1.29, 1.82) is 0 Å². The van der Waals surface area contributed by atoms with Crippen LogP contribution in [0.2, 0.25) is 0 Å². The molecule has 0 fully saturated rings. The molecule has 0 aliphatic heterocycles. The number of pyridine rings is 1. The van der Waals surface area contributed by atoms with Crippen LogP contribution in [0.25, 0.3) is 16.9 Å². The van der Waals surface area contributed by atoms with Crippen LogP contribution in [0.3, 0.4) is 0 Å². The average Bonchev–Trinajstić information content (AvgIpc) is 2.81. The summed E-state index contributed by atoms with van der Waals surface area (Å²) in [5, 5.41) is 8.26. The topological polar surface area (TPSA) is 69.6 Å². The molecule has 3 rings (SSSR count). The highest BCUT2D eigenvalue weighted by Gasteiger charge is 2.12. The van der Waals surface area contributed by atoms with Crippen molar-refractivity contribution < 1.29 is 0 Å². The van der Waals surface area contributed by atoms with Crippen LogP contribution in [-0.2, 0) is 0 Å².